The van der Waals surface area contributed by atoms with E-state index in [1.807, 2.05) is 4.90 Å². The van der Waals surface area contributed by atoms with E-state index in [0.29, 0.717) is 24.6 Å². The van der Waals surface area contributed by atoms with Crippen LogP contribution in [0, 0.1) is 6.92 Å². The maximum Gasteiger partial charge on any atom is 0.416 e. The number of hydrogen-bond acceptors (Lipinski definition) is 7. The highest BCUT2D eigenvalue weighted by molar-refractivity contribution is 7.89. The number of sulfonamides is 1. The van der Waals surface area contributed by atoms with E-state index in [1.165, 1.54) is 15.6 Å². The molecule has 1 aliphatic heterocycles. The van der Waals surface area contributed by atoms with Crippen molar-refractivity contribution in [2.24, 2.45) is 0 Å². The van der Waals surface area contributed by atoms with E-state index in [0.717, 1.165) is 34.1 Å². The highest BCUT2D eigenvalue weighted by Gasteiger charge is 2.33. The number of aromatic nitrogens is 3. The lowest BCUT2D eigenvalue weighted by atomic mass is 10.2. The average molecular weight is 443 g/mol. The second-order valence-corrected chi connectivity index (χ2v) is 9.46. The smallest absolute Gasteiger partial charge is 0.345 e. The number of fused-ring (bicyclic) bond motifs is 1. The fourth-order valence-corrected chi connectivity index (χ4v) is 5.38. The number of alkyl halides is 3. The molecular weight excluding hydrogens is 427 g/mol. The van der Waals surface area contributed by atoms with Crippen LogP contribution >= 0.6 is 11.3 Å². The first-order valence-electron chi connectivity index (χ1n) is 8.67. The van der Waals surface area contributed by atoms with Crippen LogP contribution in [0.3, 0.4) is 0 Å². The zero-order valence-electron chi connectivity index (χ0n) is 15.2. The average Bonchev–Trinajstić information content (AvgIpc) is 3.10. The second-order valence-electron chi connectivity index (χ2n) is 6.51. The third kappa shape index (κ3) is 3.91. The molecule has 0 N–H and O–H groups in total. The minimum atomic E-state index is -4.51. The molecule has 12 heteroatoms. The number of hydrogen-bond donors (Lipinski definition) is 0. The highest BCUT2D eigenvalue weighted by Crippen LogP contribution is 2.31. The normalized spacial score (nSPS) is 16.5. The first kappa shape index (κ1) is 20.0. The zero-order chi connectivity index (χ0) is 20.8. The Kier molecular flexibility index (Phi) is 4.95. The molecule has 4 rings (SSSR count). The predicted octanol–water partition coefficient (Wildman–Crippen LogP) is 2.92. The maximum absolute atomic E-state index is 12.8. The van der Waals surface area contributed by atoms with Crippen molar-refractivity contribution in [2.75, 3.05) is 31.1 Å². The summed E-state index contributed by atoms with van der Waals surface area (Å²) >= 11 is 1.44. The Balaban J connectivity index is 1.48. The van der Waals surface area contributed by atoms with Crippen molar-refractivity contribution < 1.29 is 21.6 Å². The molecule has 0 radical (unpaired) electrons. The number of rotatable bonds is 3. The monoisotopic (exact) mass is 443 g/mol. The van der Waals surface area contributed by atoms with E-state index in [4.69, 9.17) is 0 Å². The lowest BCUT2D eigenvalue weighted by molar-refractivity contribution is -0.137. The number of piperazine rings is 1. The van der Waals surface area contributed by atoms with Crippen molar-refractivity contribution in [3.8, 4) is 0 Å². The van der Waals surface area contributed by atoms with Gasteiger partial charge in [-0.15, -0.1) is 0 Å². The van der Waals surface area contributed by atoms with Gasteiger partial charge in [0.05, 0.1) is 21.4 Å². The van der Waals surface area contributed by atoms with Crippen LogP contribution < -0.4 is 4.90 Å². The van der Waals surface area contributed by atoms with Gasteiger partial charge in [-0.2, -0.15) is 22.5 Å². The van der Waals surface area contributed by atoms with Gasteiger partial charge in [-0.3, -0.25) is 0 Å². The van der Waals surface area contributed by atoms with Gasteiger partial charge in [0.1, 0.15) is 5.82 Å². The summed E-state index contributed by atoms with van der Waals surface area (Å²) in [6.07, 6.45) is -2.79. The van der Waals surface area contributed by atoms with Crippen molar-refractivity contribution in [1.29, 1.82) is 0 Å². The zero-order valence-corrected chi connectivity index (χ0v) is 16.9. The summed E-state index contributed by atoms with van der Waals surface area (Å²) < 4.78 is 65.7. The van der Waals surface area contributed by atoms with E-state index in [-0.39, 0.29) is 18.0 Å². The van der Waals surface area contributed by atoms with E-state index >= 15 is 0 Å². The topological polar surface area (TPSA) is 79.3 Å². The van der Waals surface area contributed by atoms with Gasteiger partial charge in [-0.25, -0.2) is 18.4 Å². The molecule has 0 aliphatic carbocycles. The van der Waals surface area contributed by atoms with Gasteiger partial charge < -0.3 is 4.90 Å². The number of aryl methyl sites for hydroxylation is 1. The van der Waals surface area contributed by atoms with Gasteiger partial charge in [0, 0.05) is 26.2 Å². The molecule has 3 heterocycles. The third-order valence-corrected chi connectivity index (χ3v) is 7.54. The van der Waals surface area contributed by atoms with Crippen LogP contribution in [0.2, 0.25) is 0 Å². The number of anilines is 1. The SMILES string of the molecule is Cc1ncc2sc(N3CCN(S(=O)(=O)c4ccc(C(F)(F)F)cc4)CC3)nc2n1. The Labute approximate surface area is 168 Å². The molecule has 154 valence electrons. The minimum Gasteiger partial charge on any atom is -0.345 e. The molecule has 29 heavy (non-hydrogen) atoms. The van der Waals surface area contributed by atoms with E-state index in [1.54, 1.807) is 13.1 Å². The van der Waals surface area contributed by atoms with Crippen LogP contribution in [0.15, 0.2) is 35.4 Å². The van der Waals surface area contributed by atoms with Crippen molar-refractivity contribution >= 4 is 36.8 Å². The molecule has 0 saturated carbocycles. The Morgan fingerprint density at radius 1 is 1.03 bits per heavy atom. The summed E-state index contributed by atoms with van der Waals surface area (Å²) in [7, 11) is -3.86. The molecule has 0 unspecified atom stereocenters. The molecule has 7 nitrogen and oxygen atoms in total. The Hall–Kier alpha value is -2.31. The number of benzene rings is 1. The fourth-order valence-electron chi connectivity index (χ4n) is 3.03. The second kappa shape index (κ2) is 7.18. The summed E-state index contributed by atoms with van der Waals surface area (Å²) in [5.74, 6) is 0.627. The third-order valence-electron chi connectivity index (χ3n) is 4.59. The summed E-state index contributed by atoms with van der Waals surface area (Å²) in [5, 5.41) is 0.742. The number of nitrogens with zero attached hydrogens (tertiary/aromatic N) is 5. The summed E-state index contributed by atoms with van der Waals surface area (Å²) in [6, 6.07) is 3.57. The molecule has 0 spiro atoms. The largest absolute Gasteiger partial charge is 0.416 e. The molecule has 1 fully saturated rings. The molecule has 1 aromatic carbocycles. The minimum absolute atomic E-state index is 0.148. The number of halogens is 3. The summed E-state index contributed by atoms with van der Waals surface area (Å²) in [6.45, 7) is 3.05. The number of thiazole rings is 1. The standard InChI is InChI=1S/C17H16F3N5O2S2/c1-11-21-10-14-15(22-11)23-16(28-14)24-6-8-25(9-7-24)29(26,27)13-4-2-12(3-5-13)17(18,19)20/h2-5,10H,6-9H2,1H3. The van der Waals surface area contributed by atoms with Gasteiger partial charge in [-0.05, 0) is 31.2 Å². The fraction of sp³-hybridized carbons (Fsp3) is 0.353. The summed E-state index contributed by atoms with van der Waals surface area (Å²) in [5.41, 5.74) is -0.271. The first-order valence-corrected chi connectivity index (χ1v) is 10.9. The highest BCUT2D eigenvalue weighted by atomic mass is 32.2. The molecule has 3 aromatic rings. The van der Waals surface area contributed by atoms with Crippen LogP contribution in [-0.2, 0) is 16.2 Å². The van der Waals surface area contributed by atoms with Crippen LogP contribution in [-0.4, -0.2) is 53.9 Å². The molecule has 0 amide bonds. The Morgan fingerprint density at radius 3 is 2.31 bits per heavy atom. The van der Waals surface area contributed by atoms with Crippen molar-refractivity contribution in [2.45, 2.75) is 18.0 Å². The van der Waals surface area contributed by atoms with Gasteiger partial charge in [0.2, 0.25) is 10.0 Å². The Bertz CT molecular complexity index is 1140. The molecule has 1 aliphatic rings. The van der Waals surface area contributed by atoms with Crippen molar-refractivity contribution in [3.63, 3.8) is 0 Å². The summed E-state index contributed by atoms with van der Waals surface area (Å²) in [4.78, 5) is 14.8. The van der Waals surface area contributed by atoms with E-state index in [9.17, 15) is 21.6 Å². The van der Waals surface area contributed by atoms with Crippen molar-refractivity contribution in [3.05, 3.63) is 41.9 Å². The Morgan fingerprint density at radius 2 is 1.69 bits per heavy atom. The van der Waals surface area contributed by atoms with Gasteiger partial charge in [0.25, 0.3) is 0 Å². The van der Waals surface area contributed by atoms with Crippen LogP contribution in [0.5, 0.6) is 0 Å². The lowest BCUT2D eigenvalue weighted by Crippen LogP contribution is -2.48. The molecule has 0 bridgehead atoms. The predicted molar refractivity (Wildman–Crippen MR) is 102 cm³/mol. The first-order chi connectivity index (χ1) is 13.6. The van der Waals surface area contributed by atoms with E-state index < -0.39 is 21.8 Å². The molecule has 0 atom stereocenters. The van der Waals surface area contributed by atoms with Gasteiger partial charge in [-0.1, -0.05) is 11.3 Å². The van der Waals surface area contributed by atoms with Crippen LogP contribution in [0.4, 0.5) is 18.3 Å². The van der Waals surface area contributed by atoms with E-state index in [2.05, 4.69) is 15.0 Å². The molecule has 2 aromatic heterocycles. The van der Waals surface area contributed by atoms with Gasteiger partial charge in [0.15, 0.2) is 10.8 Å². The maximum atomic E-state index is 12.8. The molecular formula is C17H16F3N5O2S2. The molecule has 1 saturated heterocycles. The van der Waals surface area contributed by atoms with Crippen LogP contribution in [0.1, 0.15) is 11.4 Å². The van der Waals surface area contributed by atoms with Gasteiger partial charge >= 0.3 is 6.18 Å². The van der Waals surface area contributed by atoms with Crippen molar-refractivity contribution in [1.82, 2.24) is 19.3 Å². The lowest BCUT2D eigenvalue weighted by Gasteiger charge is -2.33. The quantitative estimate of drug-likeness (QED) is 0.619. The van der Waals surface area contributed by atoms with Crippen LogP contribution in [0.25, 0.3) is 10.3 Å².